The lowest BCUT2D eigenvalue weighted by atomic mass is 10.1. The molecule has 0 aliphatic heterocycles. The van der Waals surface area contributed by atoms with Crippen molar-refractivity contribution in [2.75, 3.05) is 0 Å². The van der Waals surface area contributed by atoms with Gasteiger partial charge in [0.2, 0.25) is 0 Å². The van der Waals surface area contributed by atoms with Crippen LogP contribution in [0.3, 0.4) is 0 Å². The lowest BCUT2D eigenvalue weighted by Crippen LogP contribution is -2.18. The van der Waals surface area contributed by atoms with Crippen molar-refractivity contribution in [2.24, 2.45) is 0 Å². The fourth-order valence-corrected chi connectivity index (χ4v) is 2.01. The quantitative estimate of drug-likeness (QED) is 0.827. The number of aromatic nitrogens is 1. The summed E-state index contributed by atoms with van der Waals surface area (Å²) >= 11 is 3.36. The Hall–Kier alpha value is -1.35. The molecule has 1 heterocycles. The maximum atomic E-state index is 11.6. The fourth-order valence-electron chi connectivity index (χ4n) is 1.63. The van der Waals surface area contributed by atoms with E-state index in [-0.39, 0.29) is 5.56 Å². The molecule has 0 radical (unpaired) electrons. The molecule has 0 amide bonds. The first-order valence-corrected chi connectivity index (χ1v) is 5.86. The number of hydrogen-bond acceptors (Lipinski definition) is 1. The zero-order chi connectivity index (χ0) is 11.5. The molecule has 2 rings (SSSR count). The van der Waals surface area contributed by atoms with Crippen LogP contribution in [0.15, 0.2) is 51.9 Å². The van der Waals surface area contributed by atoms with Gasteiger partial charge in [0.15, 0.2) is 0 Å². The van der Waals surface area contributed by atoms with Crippen LogP contribution in [-0.2, 0) is 6.54 Å². The Morgan fingerprint density at radius 2 is 2.06 bits per heavy atom. The van der Waals surface area contributed by atoms with Crippen LogP contribution in [0.4, 0.5) is 0 Å². The van der Waals surface area contributed by atoms with Crippen molar-refractivity contribution in [3.63, 3.8) is 0 Å². The topological polar surface area (TPSA) is 22.0 Å². The molecule has 0 atom stereocenters. The summed E-state index contributed by atoms with van der Waals surface area (Å²) in [7, 11) is 0. The van der Waals surface area contributed by atoms with Gasteiger partial charge in [-0.15, -0.1) is 0 Å². The van der Waals surface area contributed by atoms with E-state index in [9.17, 15) is 4.79 Å². The third kappa shape index (κ3) is 2.61. The zero-order valence-corrected chi connectivity index (χ0v) is 10.6. The van der Waals surface area contributed by atoms with Gasteiger partial charge in [-0.1, -0.05) is 29.8 Å². The Labute approximate surface area is 103 Å². The number of pyridine rings is 1. The molecule has 0 aliphatic rings. The van der Waals surface area contributed by atoms with Crippen LogP contribution >= 0.6 is 15.9 Å². The van der Waals surface area contributed by atoms with Crippen LogP contribution in [0.5, 0.6) is 0 Å². The van der Waals surface area contributed by atoms with E-state index in [2.05, 4.69) is 22.0 Å². The molecule has 2 nitrogen and oxygen atoms in total. The number of halogens is 1. The normalized spacial score (nSPS) is 10.4. The summed E-state index contributed by atoms with van der Waals surface area (Å²) in [5.41, 5.74) is 2.37. The van der Waals surface area contributed by atoms with Gasteiger partial charge in [-0.05, 0) is 34.5 Å². The van der Waals surface area contributed by atoms with E-state index in [1.54, 1.807) is 16.7 Å². The van der Waals surface area contributed by atoms with E-state index in [0.29, 0.717) is 6.54 Å². The number of hydrogen-bond donors (Lipinski definition) is 0. The zero-order valence-electron chi connectivity index (χ0n) is 8.98. The molecule has 1 aromatic heterocycles. The van der Waals surface area contributed by atoms with E-state index in [1.807, 2.05) is 31.3 Å². The summed E-state index contributed by atoms with van der Waals surface area (Å²) in [4.78, 5) is 11.6. The Morgan fingerprint density at radius 3 is 2.81 bits per heavy atom. The standard InChI is InChI=1S/C13H12BrNO/c1-10-3-2-4-11(7-10)8-15-9-12(14)5-6-13(15)16/h2-7,9H,8H2,1H3. The monoisotopic (exact) mass is 277 g/mol. The van der Waals surface area contributed by atoms with Crippen LogP contribution in [0.1, 0.15) is 11.1 Å². The predicted octanol–water partition coefficient (Wildman–Crippen LogP) is 2.97. The predicted molar refractivity (Wildman–Crippen MR) is 68.7 cm³/mol. The minimum absolute atomic E-state index is 0.0182. The highest BCUT2D eigenvalue weighted by atomic mass is 79.9. The summed E-state index contributed by atoms with van der Waals surface area (Å²) in [6.07, 6.45) is 1.81. The molecule has 16 heavy (non-hydrogen) atoms. The van der Waals surface area contributed by atoms with Gasteiger partial charge >= 0.3 is 0 Å². The van der Waals surface area contributed by atoms with E-state index < -0.39 is 0 Å². The third-order valence-electron chi connectivity index (χ3n) is 2.38. The molecular weight excluding hydrogens is 266 g/mol. The van der Waals surface area contributed by atoms with Crippen molar-refractivity contribution < 1.29 is 0 Å². The van der Waals surface area contributed by atoms with E-state index in [0.717, 1.165) is 10.0 Å². The number of nitrogens with zero attached hydrogens (tertiary/aromatic N) is 1. The van der Waals surface area contributed by atoms with Crippen LogP contribution in [0, 0.1) is 6.92 Å². The summed E-state index contributed by atoms with van der Waals surface area (Å²) in [6, 6.07) is 11.5. The highest BCUT2D eigenvalue weighted by Crippen LogP contribution is 2.08. The summed E-state index contributed by atoms with van der Waals surface area (Å²) in [6.45, 7) is 2.66. The van der Waals surface area contributed by atoms with Crippen LogP contribution in [0.25, 0.3) is 0 Å². The minimum Gasteiger partial charge on any atom is -0.310 e. The van der Waals surface area contributed by atoms with Gasteiger partial charge < -0.3 is 4.57 Å². The smallest absolute Gasteiger partial charge is 0.250 e. The van der Waals surface area contributed by atoms with E-state index in [1.165, 1.54) is 5.56 Å². The van der Waals surface area contributed by atoms with Gasteiger partial charge in [0.1, 0.15) is 0 Å². The molecule has 0 bridgehead atoms. The lowest BCUT2D eigenvalue weighted by molar-refractivity contribution is 0.755. The molecule has 3 heteroatoms. The molecule has 0 N–H and O–H groups in total. The molecule has 0 spiro atoms. The van der Waals surface area contributed by atoms with Gasteiger partial charge in [0, 0.05) is 16.7 Å². The first-order valence-electron chi connectivity index (χ1n) is 5.07. The first kappa shape index (κ1) is 11.1. The average Bonchev–Trinajstić information content (AvgIpc) is 2.24. The Balaban J connectivity index is 2.34. The van der Waals surface area contributed by atoms with Crippen molar-refractivity contribution in [1.82, 2.24) is 4.57 Å². The van der Waals surface area contributed by atoms with E-state index in [4.69, 9.17) is 0 Å². The molecule has 0 fully saturated rings. The Morgan fingerprint density at radius 1 is 1.25 bits per heavy atom. The highest BCUT2D eigenvalue weighted by Gasteiger charge is 1.99. The highest BCUT2D eigenvalue weighted by molar-refractivity contribution is 9.10. The molecule has 1 aromatic carbocycles. The van der Waals surface area contributed by atoms with Crippen LogP contribution < -0.4 is 5.56 Å². The van der Waals surface area contributed by atoms with Crippen molar-refractivity contribution in [2.45, 2.75) is 13.5 Å². The van der Waals surface area contributed by atoms with Gasteiger partial charge in [-0.3, -0.25) is 4.79 Å². The van der Waals surface area contributed by atoms with Crippen molar-refractivity contribution in [3.8, 4) is 0 Å². The van der Waals surface area contributed by atoms with Crippen LogP contribution in [0.2, 0.25) is 0 Å². The third-order valence-corrected chi connectivity index (χ3v) is 2.85. The van der Waals surface area contributed by atoms with Gasteiger partial charge in [0.25, 0.3) is 5.56 Å². The Bertz CT molecular complexity index is 560. The molecular formula is C13H12BrNO. The fraction of sp³-hybridized carbons (Fsp3) is 0.154. The second-order valence-electron chi connectivity index (χ2n) is 3.80. The van der Waals surface area contributed by atoms with Crippen LogP contribution in [-0.4, -0.2) is 4.57 Å². The lowest BCUT2D eigenvalue weighted by Gasteiger charge is -2.06. The molecule has 2 aromatic rings. The largest absolute Gasteiger partial charge is 0.310 e. The molecule has 0 saturated carbocycles. The summed E-state index contributed by atoms with van der Waals surface area (Å²) in [5, 5.41) is 0. The van der Waals surface area contributed by atoms with Crippen molar-refractivity contribution >= 4 is 15.9 Å². The molecule has 0 aliphatic carbocycles. The Kier molecular flexibility index (Phi) is 3.25. The number of aryl methyl sites for hydroxylation is 1. The van der Waals surface area contributed by atoms with Crippen molar-refractivity contribution in [1.29, 1.82) is 0 Å². The second-order valence-corrected chi connectivity index (χ2v) is 4.72. The maximum Gasteiger partial charge on any atom is 0.250 e. The minimum atomic E-state index is 0.0182. The van der Waals surface area contributed by atoms with Gasteiger partial charge in [-0.2, -0.15) is 0 Å². The average molecular weight is 278 g/mol. The molecule has 0 saturated heterocycles. The summed E-state index contributed by atoms with van der Waals surface area (Å²) < 4.78 is 2.61. The molecule has 0 unspecified atom stereocenters. The van der Waals surface area contributed by atoms with Gasteiger partial charge in [0.05, 0.1) is 6.54 Å². The SMILES string of the molecule is Cc1cccc(Cn2cc(Br)ccc2=O)c1. The molecule has 82 valence electrons. The van der Waals surface area contributed by atoms with Gasteiger partial charge in [-0.25, -0.2) is 0 Å². The van der Waals surface area contributed by atoms with Crippen molar-refractivity contribution in [3.05, 3.63) is 68.5 Å². The van der Waals surface area contributed by atoms with E-state index >= 15 is 0 Å². The second kappa shape index (κ2) is 4.66. The number of benzene rings is 1. The summed E-state index contributed by atoms with van der Waals surface area (Å²) in [5.74, 6) is 0. The maximum absolute atomic E-state index is 11.6. The first-order chi connectivity index (χ1) is 7.65. The number of rotatable bonds is 2.